The molecule has 1 heterocycles. The summed E-state index contributed by atoms with van der Waals surface area (Å²) in [6.07, 6.45) is 0. The molecule has 1 aromatic heterocycles. The Balaban J connectivity index is 2.32. The van der Waals surface area contributed by atoms with Gasteiger partial charge in [0.05, 0.1) is 4.47 Å². The second-order valence-corrected chi connectivity index (χ2v) is 4.78. The molecule has 0 aliphatic carbocycles. The number of H-pyrrole nitrogens is 1. The number of carbonyl (C=O) groups excluding carboxylic acids is 1. The third-order valence-electron chi connectivity index (χ3n) is 2.21. The lowest BCUT2D eigenvalue weighted by Crippen LogP contribution is -2.07. The molecule has 3 nitrogen and oxygen atoms in total. The van der Waals surface area contributed by atoms with Crippen LogP contribution in [0, 0.1) is 0 Å². The maximum absolute atomic E-state index is 11.8. The maximum Gasteiger partial charge on any atom is 0.356 e. The number of halogens is 2. The van der Waals surface area contributed by atoms with E-state index in [2.05, 4.69) is 27.5 Å². The first kappa shape index (κ1) is 12.2. The van der Waals surface area contributed by atoms with Crippen molar-refractivity contribution >= 4 is 44.4 Å². The molecule has 2 aromatic rings. The fourth-order valence-electron chi connectivity index (χ4n) is 1.46. The molecule has 5 heteroatoms. The van der Waals surface area contributed by atoms with E-state index in [9.17, 15) is 4.79 Å². The number of carbonyl (C=O) groups is 1. The van der Waals surface area contributed by atoms with Crippen LogP contribution < -0.4 is 0 Å². The Morgan fingerprint density at radius 3 is 2.82 bits per heavy atom. The molecule has 0 radical (unpaired) electrons. The molecule has 0 amide bonds. The molecule has 1 N–H and O–H groups in total. The van der Waals surface area contributed by atoms with Crippen LogP contribution in [0.2, 0.25) is 0 Å². The van der Waals surface area contributed by atoms with E-state index in [0.29, 0.717) is 10.2 Å². The van der Waals surface area contributed by atoms with Crippen LogP contribution >= 0.6 is 27.5 Å². The number of aromatic nitrogens is 1. The van der Waals surface area contributed by atoms with Crippen molar-refractivity contribution < 1.29 is 9.53 Å². The van der Waals surface area contributed by atoms with Gasteiger partial charge in [0, 0.05) is 15.9 Å². The first-order chi connectivity index (χ1) is 8.09. The lowest BCUT2D eigenvalue weighted by atomic mass is 10.2. The van der Waals surface area contributed by atoms with Crippen LogP contribution in [0.3, 0.4) is 0 Å². The highest BCUT2D eigenvalue weighted by Crippen LogP contribution is 2.28. The molecule has 1 aromatic carbocycles. The van der Waals surface area contributed by atoms with Crippen molar-refractivity contribution in [2.45, 2.75) is 0 Å². The number of hydrogen-bond donors (Lipinski definition) is 1. The summed E-state index contributed by atoms with van der Waals surface area (Å²) in [4.78, 5) is 14.7. The fraction of sp³-hybridized carbons (Fsp3) is 0.0833. The van der Waals surface area contributed by atoms with Gasteiger partial charge in [0.25, 0.3) is 0 Å². The van der Waals surface area contributed by atoms with Crippen LogP contribution in [0.5, 0.6) is 0 Å². The average Bonchev–Trinajstić information content (AvgIpc) is 2.64. The molecule has 0 spiro atoms. The van der Waals surface area contributed by atoms with Crippen molar-refractivity contribution in [2.75, 3.05) is 6.61 Å². The molecule has 88 valence electrons. The molecule has 0 saturated heterocycles. The van der Waals surface area contributed by atoms with Crippen LogP contribution in [-0.2, 0) is 4.74 Å². The number of benzene rings is 1. The highest BCUT2D eigenvalue weighted by atomic mass is 79.9. The number of nitrogens with one attached hydrogen (secondary N) is 1. The lowest BCUT2D eigenvalue weighted by molar-refractivity contribution is 0.0539. The fourth-order valence-corrected chi connectivity index (χ4v) is 2.13. The second-order valence-electron chi connectivity index (χ2n) is 3.45. The van der Waals surface area contributed by atoms with Crippen LogP contribution in [0.25, 0.3) is 10.9 Å². The number of esters is 1. The van der Waals surface area contributed by atoms with E-state index in [4.69, 9.17) is 16.3 Å². The van der Waals surface area contributed by atoms with E-state index in [1.165, 1.54) is 0 Å². The van der Waals surface area contributed by atoms with Gasteiger partial charge >= 0.3 is 5.97 Å². The van der Waals surface area contributed by atoms with Gasteiger partial charge in [-0.1, -0.05) is 36.4 Å². The Hall–Kier alpha value is -1.26. The molecule has 17 heavy (non-hydrogen) atoms. The predicted octanol–water partition coefficient (Wildman–Crippen LogP) is 3.84. The smallest absolute Gasteiger partial charge is 0.356 e. The van der Waals surface area contributed by atoms with Crippen molar-refractivity contribution in [1.29, 1.82) is 0 Å². The van der Waals surface area contributed by atoms with Gasteiger partial charge in [0.2, 0.25) is 0 Å². The zero-order valence-electron chi connectivity index (χ0n) is 8.80. The van der Waals surface area contributed by atoms with E-state index in [1.807, 2.05) is 24.3 Å². The minimum atomic E-state index is -0.463. The van der Waals surface area contributed by atoms with E-state index in [-0.39, 0.29) is 11.6 Å². The topological polar surface area (TPSA) is 42.1 Å². The molecular weight excluding hydrogens is 305 g/mol. The molecule has 0 aliphatic rings. The summed E-state index contributed by atoms with van der Waals surface area (Å²) in [6, 6.07) is 7.59. The van der Waals surface area contributed by atoms with E-state index in [0.717, 1.165) is 10.9 Å². The summed E-state index contributed by atoms with van der Waals surface area (Å²) in [6.45, 7) is 3.45. The number of aromatic amines is 1. The van der Waals surface area contributed by atoms with Crippen molar-refractivity contribution in [2.24, 2.45) is 0 Å². The van der Waals surface area contributed by atoms with Gasteiger partial charge in [-0.2, -0.15) is 0 Å². The lowest BCUT2D eigenvalue weighted by Gasteiger charge is -2.01. The van der Waals surface area contributed by atoms with Gasteiger partial charge < -0.3 is 9.72 Å². The largest absolute Gasteiger partial charge is 0.455 e. The van der Waals surface area contributed by atoms with Gasteiger partial charge in [-0.05, 0) is 22.0 Å². The average molecular weight is 315 g/mol. The molecule has 0 fully saturated rings. The SMILES string of the molecule is C=C(Cl)COC(=O)c1[nH]c2ccccc2c1Br. The number of ether oxygens (including phenoxy) is 1. The maximum atomic E-state index is 11.8. The van der Waals surface area contributed by atoms with Gasteiger partial charge in [-0.15, -0.1) is 0 Å². The van der Waals surface area contributed by atoms with Crippen molar-refractivity contribution in [3.8, 4) is 0 Å². The minimum absolute atomic E-state index is 0.00218. The predicted molar refractivity (Wildman–Crippen MR) is 71.3 cm³/mol. The van der Waals surface area contributed by atoms with E-state index >= 15 is 0 Å². The quantitative estimate of drug-likeness (QED) is 0.875. The third-order valence-corrected chi connectivity index (χ3v) is 3.14. The summed E-state index contributed by atoms with van der Waals surface area (Å²) in [5.41, 5.74) is 1.25. The summed E-state index contributed by atoms with van der Waals surface area (Å²) in [5.74, 6) is -0.463. The molecule has 0 bridgehead atoms. The highest BCUT2D eigenvalue weighted by Gasteiger charge is 2.16. The van der Waals surface area contributed by atoms with E-state index < -0.39 is 5.97 Å². The molecule has 0 saturated carbocycles. The number of fused-ring (bicyclic) bond motifs is 1. The Morgan fingerprint density at radius 1 is 1.47 bits per heavy atom. The van der Waals surface area contributed by atoms with Crippen molar-refractivity contribution in [3.05, 3.63) is 46.0 Å². The molecule has 0 atom stereocenters. The first-order valence-corrected chi connectivity index (χ1v) is 6.03. The minimum Gasteiger partial charge on any atom is -0.455 e. The summed E-state index contributed by atoms with van der Waals surface area (Å²) in [7, 11) is 0. The monoisotopic (exact) mass is 313 g/mol. The summed E-state index contributed by atoms with van der Waals surface area (Å²) >= 11 is 8.91. The van der Waals surface area contributed by atoms with Gasteiger partial charge in [0.1, 0.15) is 12.3 Å². The Labute approximate surface area is 112 Å². The molecule has 2 rings (SSSR count). The zero-order valence-corrected chi connectivity index (χ0v) is 11.1. The number of hydrogen-bond acceptors (Lipinski definition) is 2. The van der Waals surface area contributed by atoms with Crippen molar-refractivity contribution in [3.63, 3.8) is 0 Å². The summed E-state index contributed by atoms with van der Waals surface area (Å²) in [5, 5.41) is 1.22. The molecule has 0 unspecified atom stereocenters. The zero-order chi connectivity index (χ0) is 12.4. The third kappa shape index (κ3) is 2.53. The first-order valence-electron chi connectivity index (χ1n) is 4.86. The summed E-state index contributed by atoms with van der Waals surface area (Å²) < 4.78 is 5.66. The van der Waals surface area contributed by atoms with Gasteiger partial charge in [-0.25, -0.2) is 4.79 Å². The van der Waals surface area contributed by atoms with Crippen LogP contribution in [-0.4, -0.2) is 17.6 Å². The Morgan fingerprint density at radius 2 is 2.18 bits per heavy atom. The standard InChI is InChI=1S/C12H9BrClNO2/c1-7(14)6-17-12(16)11-10(13)8-4-2-3-5-9(8)15-11/h2-5,15H,1,6H2. The second kappa shape index (κ2) is 4.94. The molecule has 0 aliphatic heterocycles. The van der Waals surface area contributed by atoms with Crippen LogP contribution in [0.4, 0.5) is 0 Å². The normalized spacial score (nSPS) is 10.5. The number of rotatable bonds is 3. The van der Waals surface area contributed by atoms with Crippen LogP contribution in [0.1, 0.15) is 10.5 Å². The Kier molecular flexibility index (Phi) is 3.54. The van der Waals surface area contributed by atoms with Crippen molar-refractivity contribution in [1.82, 2.24) is 4.98 Å². The van der Waals surface area contributed by atoms with Gasteiger partial charge in [-0.3, -0.25) is 0 Å². The highest BCUT2D eigenvalue weighted by molar-refractivity contribution is 9.10. The number of para-hydroxylation sites is 1. The Bertz CT molecular complexity index is 591. The van der Waals surface area contributed by atoms with E-state index in [1.54, 1.807) is 0 Å². The van der Waals surface area contributed by atoms with Gasteiger partial charge in [0.15, 0.2) is 0 Å². The molecular formula is C12H9BrClNO2. The van der Waals surface area contributed by atoms with Crippen LogP contribution in [0.15, 0.2) is 40.3 Å².